The number of aliphatic hydroxyl groups is 1. The molecular weight excluding hydrogens is 415 g/mol. The summed E-state index contributed by atoms with van der Waals surface area (Å²) in [5.41, 5.74) is 3.78. The first kappa shape index (κ1) is 18.9. The van der Waals surface area contributed by atoms with E-state index in [1.54, 1.807) is 4.90 Å². The van der Waals surface area contributed by atoms with Crippen LogP contribution in [-0.4, -0.2) is 47.9 Å². The number of carbonyl (C=O) groups excluding carboxylic acids is 1. The Balaban J connectivity index is 1.65. The van der Waals surface area contributed by atoms with E-state index in [-0.39, 0.29) is 30.7 Å². The van der Waals surface area contributed by atoms with E-state index in [4.69, 9.17) is 32.7 Å². The van der Waals surface area contributed by atoms with Crippen molar-refractivity contribution in [1.29, 1.82) is 0 Å². The topological polar surface area (TPSA) is 71.0 Å². The molecule has 5 rings (SSSR count). The second kappa shape index (κ2) is 6.97. The van der Waals surface area contributed by atoms with Gasteiger partial charge in [0, 0.05) is 24.5 Å². The lowest BCUT2D eigenvalue weighted by molar-refractivity contribution is -0.138. The fraction of sp³-hybridized carbons (Fsp3) is 0.381. The quantitative estimate of drug-likeness (QED) is 0.750. The molecule has 29 heavy (non-hydrogen) atoms. The summed E-state index contributed by atoms with van der Waals surface area (Å²) in [6.07, 6.45) is 0.768. The van der Waals surface area contributed by atoms with Gasteiger partial charge >= 0.3 is 0 Å². The van der Waals surface area contributed by atoms with Gasteiger partial charge in [-0.1, -0.05) is 29.3 Å². The zero-order chi connectivity index (χ0) is 20.3. The molecular formula is C21H20Cl2N2O4. The van der Waals surface area contributed by atoms with Crippen LogP contribution in [0.3, 0.4) is 0 Å². The van der Waals surface area contributed by atoms with Crippen LogP contribution in [0.2, 0.25) is 10.0 Å². The molecule has 1 amide bonds. The number of halogens is 2. The summed E-state index contributed by atoms with van der Waals surface area (Å²) in [6, 6.07) is 7.74. The van der Waals surface area contributed by atoms with Gasteiger partial charge in [-0.05, 0) is 48.2 Å². The highest BCUT2D eigenvalue weighted by atomic mass is 35.5. The molecule has 3 aliphatic heterocycles. The summed E-state index contributed by atoms with van der Waals surface area (Å²) in [4.78, 5) is 14.0. The summed E-state index contributed by atoms with van der Waals surface area (Å²) in [5.74, 6) is 1.18. The molecule has 2 aromatic rings. The van der Waals surface area contributed by atoms with E-state index in [0.717, 1.165) is 28.8 Å². The molecule has 3 heterocycles. The molecule has 0 aromatic heterocycles. The molecule has 2 N–H and O–H groups in total. The van der Waals surface area contributed by atoms with Gasteiger partial charge in [-0.15, -0.1) is 0 Å². The number of nitrogens with one attached hydrogen (secondary N) is 1. The van der Waals surface area contributed by atoms with Crippen molar-refractivity contribution in [3.05, 3.63) is 39.9 Å². The Kier molecular flexibility index (Phi) is 4.53. The number of rotatable bonds is 2. The van der Waals surface area contributed by atoms with Gasteiger partial charge in [0.15, 0.2) is 11.5 Å². The van der Waals surface area contributed by atoms with Crippen molar-refractivity contribution >= 4 is 34.8 Å². The Bertz CT molecular complexity index is 1010. The van der Waals surface area contributed by atoms with Crippen molar-refractivity contribution in [3.8, 4) is 22.6 Å². The molecule has 2 unspecified atom stereocenters. The molecule has 0 saturated carbocycles. The number of hydrogen-bond acceptors (Lipinski definition) is 5. The molecule has 152 valence electrons. The van der Waals surface area contributed by atoms with Crippen molar-refractivity contribution in [2.24, 2.45) is 0 Å². The van der Waals surface area contributed by atoms with E-state index in [1.807, 2.05) is 31.2 Å². The van der Waals surface area contributed by atoms with Gasteiger partial charge in [-0.25, -0.2) is 0 Å². The normalized spacial score (nSPS) is 24.1. The minimum atomic E-state index is -0.488. The van der Waals surface area contributed by atoms with Gasteiger partial charge in [0.05, 0.1) is 15.7 Å². The number of aliphatic hydroxyl groups excluding tert-OH is 1. The van der Waals surface area contributed by atoms with Crippen molar-refractivity contribution < 1.29 is 19.4 Å². The monoisotopic (exact) mass is 434 g/mol. The van der Waals surface area contributed by atoms with Gasteiger partial charge in [-0.3, -0.25) is 4.79 Å². The number of nitrogens with zero attached hydrogens (tertiary/aromatic N) is 1. The summed E-state index contributed by atoms with van der Waals surface area (Å²) in [6.45, 7) is 2.33. The van der Waals surface area contributed by atoms with E-state index in [0.29, 0.717) is 28.1 Å². The lowest BCUT2D eigenvalue weighted by Crippen LogP contribution is -2.51. The Morgan fingerprint density at radius 3 is 2.86 bits per heavy atom. The standard InChI is InChI=1S/C21H20Cl2N2O4/c1-10-18-14(4-5-25(10)17(27)8-26)24-21-19(18)12(7-13(22)20(21)23)11-2-3-15-16(6-11)29-9-28-15/h2-3,6-7,10,14,18,24,26H,4-5,8-9H2,1H3/t10-,14?,18?/m0/s1. The number of benzene rings is 2. The predicted molar refractivity (Wildman–Crippen MR) is 111 cm³/mol. The minimum Gasteiger partial charge on any atom is -0.454 e. The smallest absolute Gasteiger partial charge is 0.248 e. The van der Waals surface area contributed by atoms with E-state index >= 15 is 0 Å². The first-order chi connectivity index (χ1) is 14.0. The van der Waals surface area contributed by atoms with Gasteiger partial charge in [0.2, 0.25) is 12.7 Å². The Labute approximate surface area is 178 Å². The maximum Gasteiger partial charge on any atom is 0.248 e. The summed E-state index contributed by atoms with van der Waals surface area (Å²) >= 11 is 13.0. The number of amides is 1. The fourth-order valence-electron chi connectivity index (χ4n) is 4.85. The molecule has 1 saturated heterocycles. The number of piperidine rings is 1. The number of ether oxygens (including phenoxy) is 2. The Morgan fingerprint density at radius 2 is 2.07 bits per heavy atom. The van der Waals surface area contributed by atoms with Gasteiger partial charge in [0.25, 0.3) is 0 Å². The highest BCUT2D eigenvalue weighted by Gasteiger charge is 2.45. The fourth-order valence-corrected chi connectivity index (χ4v) is 5.27. The van der Waals surface area contributed by atoms with E-state index in [1.165, 1.54) is 0 Å². The Morgan fingerprint density at radius 1 is 1.28 bits per heavy atom. The van der Waals surface area contributed by atoms with Crippen LogP contribution >= 0.6 is 23.2 Å². The van der Waals surface area contributed by atoms with E-state index in [9.17, 15) is 9.90 Å². The predicted octanol–water partition coefficient (Wildman–Crippen LogP) is 3.88. The van der Waals surface area contributed by atoms with Crippen LogP contribution in [0.15, 0.2) is 24.3 Å². The molecule has 6 nitrogen and oxygen atoms in total. The summed E-state index contributed by atoms with van der Waals surface area (Å²) < 4.78 is 11.0. The molecule has 0 spiro atoms. The van der Waals surface area contributed by atoms with Crippen molar-refractivity contribution in [2.45, 2.75) is 31.3 Å². The zero-order valence-electron chi connectivity index (χ0n) is 15.7. The van der Waals surface area contributed by atoms with Crippen molar-refractivity contribution in [1.82, 2.24) is 4.90 Å². The molecule has 2 aromatic carbocycles. The number of likely N-dealkylation sites (tertiary alicyclic amines) is 1. The van der Waals surface area contributed by atoms with Crippen LogP contribution in [0.25, 0.3) is 11.1 Å². The highest BCUT2D eigenvalue weighted by molar-refractivity contribution is 6.44. The SMILES string of the molecule is C[C@H]1C2c3c(-c4ccc5c(c4)OCO5)cc(Cl)c(Cl)c3NC2CCN1C(=O)CO. The molecule has 0 bridgehead atoms. The minimum absolute atomic E-state index is 0.0319. The largest absolute Gasteiger partial charge is 0.454 e. The third-order valence-electron chi connectivity index (χ3n) is 6.19. The number of hydrogen-bond donors (Lipinski definition) is 2. The van der Waals surface area contributed by atoms with Crippen molar-refractivity contribution in [3.63, 3.8) is 0 Å². The van der Waals surface area contributed by atoms with Gasteiger partial charge in [0.1, 0.15) is 6.61 Å². The van der Waals surface area contributed by atoms with Crippen LogP contribution in [-0.2, 0) is 4.79 Å². The average molecular weight is 435 g/mol. The maximum absolute atomic E-state index is 12.3. The van der Waals surface area contributed by atoms with Gasteiger partial charge in [-0.2, -0.15) is 0 Å². The number of fused-ring (bicyclic) bond motifs is 4. The van der Waals surface area contributed by atoms with Crippen molar-refractivity contribution in [2.75, 3.05) is 25.3 Å². The van der Waals surface area contributed by atoms with Crippen LogP contribution in [0.5, 0.6) is 11.5 Å². The van der Waals surface area contributed by atoms with Crippen LogP contribution < -0.4 is 14.8 Å². The second-order valence-electron chi connectivity index (χ2n) is 7.63. The van der Waals surface area contributed by atoms with Crippen LogP contribution in [0.1, 0.15) is 24.8 Å². The maximum atomic E-state index is 12.3. The van der Waals surface area contributed by atoms with Crippen LogP contribution in [0, 0.1) is 0 Å². The van der Waals surface area contributed by atoms with Crippen LogP contribution in [0.4, 0.5) is 5.69 Å². The van der Waals surface area contributed by atoms with Gasteiger partial charge < -0.3 is 24.8 Å². The Hall–Kier alpha value is -2.15. The molecule has 1 fully saturated rings. The second-order valence-corrected chi connectivity index (χ2v) is 8.41. The third kappa shape index (κ3) is 2.85. The number of carbonyl (C=O) groups is 1. The van der Waals surface area contributed by atoms with E-state index in [2.05, 4.69) is 5.32 Å². The summed E-state index contributed by atoms with van der Waals surface area (Å²) in [5, 5.41) is 13.9. The molecule has 3 atom stereocenters. The first-order valence-corrected chi connectivity index (χ1v) is 10.3. The highest BCUT2D eigenvalue weighted by Crippen LogP contribution is 2.53. The molecule has 0 aliphatic carbocycles. The molecule has 3 aliphatic rings. The average Bonchev–Trinajstić information content (AvgIpc) is 3.35. The lowest BCUT2D eigenvalue weighted by atomic mass is 9.80. The van der Waals surface area contributed by atoms with E-state index < -0.39 is 6.61 Å². The number of anilines is 1. The zero-order valence-corrected chi connectivity index (χ0v) is 17.3. The first-order valence-electron chi connectivity index (χ1n) is 9.58. The molecule has 8 heteroatoms. The molecule has 0 radical (unpaired) electrons. The lowest BCUT2D eigenvalue weighted by Gasteiger charge is -2.41. The third-order valence-corrected chi connectivity index (χ3v) is 6.98. The summed E-state index contributed by atoms with van der Waals surface area (Å²) in [7, 11) is 0.